The molecule has 0 spiro atoms. The van der Waals surface area contributed by atoms with Gasteiger partial charge in [-0.2, -0.15) is 0 Å². The van der Waals surface area contributed by atoms with Crippen molar-refractivity contribution in [2.75, 3.05) is 25.1 Å². The number of aromatic nitrogens is 1. The zero-order valence-corrected chi connectivity index (χ0v) is 15.7. The van der Waals surface area contributed by atoms with Crippen LogP contribution in [-0.2, 0) is 9.53 Å². The monoisotopic (exact) mass is 411 g/mol. The number of nitro benzene ring substituents is 1. The molecular formula is C20H17N3O7. The van der Waals surface area contributed by atoms with Crippen molar-refractivity contribution < 1.29 is 28.7 Å². The second-order valence-electron chi connectivity index (χ2n) is 6.50. The molecule has 154 valence electrons. The number of ether oxygens (including phenoxy) is 3. The van der Waals surface area contributed by atoms with Gasteiger partial charge in [0.1, 0.15) is 5.69 Å². The Labute approximate surface area is 169 Å². The smallest absolute Gasteiger partial charge is 0.340 e. The molecule has 1 aromatic heterocycles. The second kappa shape index (κ2) is 8.11. The Balaban J connectivity index is 1.46. The molecule has 3 aromatic rings. The van der Waals surface area contributed by atoms with Crippen molar-refractivity contribution in [1.29, 1.82) is 0 Å². The summed E-state index contributed by atoms with van der Waals surface area (Å²) < 4.78 is 16.0. The average Bonchev–Trinajstić information content (AvgIpc) is 3.03. The quantitative estimate of drug-likeness (QED) is 0.374. The van der Waals surface area contributed by atoms with Crippen LogP contribution in [0, 0.1) is 10.1 Å². The molecule has 2 aromatic carbocycles. The van der Waals surface area contributed by atoms with Crippen LogP contribution in [0.15, 0.2) is 42.6 Å². The molecule has 30 heavy (non-hydrogen) atoms. The number of para-hydroxylation sites is 1. The Kier molecular flexibility index (Phi) is 5.21. The fraction of sp³-hybridized carbons (Fsp3) is 0.200. The number of fused-ring (bicyclic) bond motifs is 2. The summed E-state index contributed by atoms with van der Waals surface area (Å²) in [4.78, 5) is 38.3. The molecule has 1 aliphatic rings. The summed E-state index contributed by atoms with van der Waals surface area (Å²) in [6.45, 7) is 0.157. The molecule has 0 atom stereocenters. The van der Waals surface area contributed by atoms with Gasteiger partial charge < -0.3 is 24.5 Å². The molecule has 0 saturated heterocycles. The van der Waals surface area contributed by atoms with Gasteiger partial charge in [-0.3, -0.25) is 14.9 Å². The van der Waals surface area contributed by atoms with Gasteiger partial charge in [0.2, 0.25) is 0 Å². The summed E-state index contributed by atoms with van der Waals surface area (Å²) >= 11 is 0. The van der Waals surface area contributed by atoms with E-state index in [0.29, 0.717) is 36.3 Å². The lowest BCUT2D eigenvalue weighted by molar-refractivity contribution is -0.384. The van der Waals surface area contributed by atoms with E-state index < -0.39 is 23.4 Å². The van der Waals surface area contributed by atoms with E-state index in [-0.39, 0.29) is 17.1 Å². The first-order valence-electron chi connectivity index (χ1n) is 9.14. The number of hydrogen-bond donors (Lipinski definition) is 2. The zero-order valence-electron chi connectivity index (χ0n) is 15.7. The molecule has 1 amide bonds. The van der Waals surface area contributed by atoms with Crippen LogP contribution >= 0.6 is 0 Å². The first-order chi connectivity index (χ1) is 14.5. The molecule has 10 nitrogen and oxygen atoms in total. The van der Waals surface area contributed by atoms with Gasteiger partial charge in [-0.25, -0.2) is 4.79 Å². The molecule has 0 saturated carbocycles. The van der Waals surface area contributed by atoms with Crippen LogP contribution in [0.2, 0.25) is 0 Å². The number of rotatable bonds is 5. The number of anilines is 1. The molecule has 2 heterocycles. The van der Waals surface area contributed by atoms with E-state index >= 15 is 0 Å². The van der Waals surface area contributed by atoms with Crippen LogP contribution < -0.4 is 14.8 Å². The molecule has 1 aliphatic heterocycles. The predicted molar refractivity (Wildman–Crippen MR) is 106 cm³/mol. The minimum atomic E-state index is -0.721. The Morgan fingerprint density at radius 1 is 1.17 bits per heavy atom. The lowest BCUT2D eigenvalue weighted by atomic mass is 10.2. The molecule has 2 N–H and O–H groups in total. The number of nitro groups is 1. The van der Waals surface area contributed by atoms with Gasteiger partial charge in [-0.15, -0.1) is 0 Å². The maximum atomic E-state index is 12.3. The topological polar surface area (TPSA) is 133 Å². The van der Waals surface area contributed by atoms with Crippen LogP contribution in [0.25, 0.3) is 10.9 Å². The van der Waals surface area contributed by atoms with Crippen LogP contribution in [-0.4, -0.2) is 41.6 Å². The average molecular weight is 411 g/mol. The highest BCUT2D eigenvalue weighted by Crippen LogP contribution is 2.39. The number of nitrogens with one attached hydrogen (secondary N) is 2. The molecule has 0 aliphatic carbocycles. The minimum absolute atomic E-state index is 0.0719. The van der Waals surface area contributed by atoms with Gasteiger partial charge in [-0.05, 0) is 6.07 Å². The van der Waals surface area contributed by atoms with Crippen molar-refractivity contribution in [1.82, 2.24) is 4.98 Å². The molecule has 4 rings (SSSR count). The molecule has 0 fully saturated rings. The summed E-state index contributed by atoms with van der Waals surface area (Å²) in [6, 6.07) is 9.70. The Morgan fingerprint density at radius 3 is 2.67 bits per heavy atom. The first kappa shape index (κ1) is 19.2. The van der Waals surface area contributed by atoms with E-state index in [4.69, 9.17) is 14.2 Å². The van der Waals surface area contributed by atoms with E-state index in [1.54, 1.807) is 12.1 Å². The van der Waals surface area contributed by atoms with Crippen LogP contribution in [0.5, 0.6) is 11.5 Å². The van der Waals surface area contributed by atoms with Crippen LogP contribution in [0.1, 0.15) is 16.8 Å². The van der Waals surface area contributed by atoms with Gasteiger partial charge in [0.15, 0.2) is 18.1 Å². The van der Waals surface area contributed by atoms with Crippen molar-refractivity contribution in [2.45, 2.75) is 6.42 Å². The molecule has 10 heteroatoms. The van der Waals surface area contributed by atoms with Gasteiger partial charge in [0, 0.05) is 29.6 Å². The van der Waals surface area contributed by atoms with Gasteiger partial charge in [-0.1, -0.05) is 18.2 Å². The van der Waals surface area contributed by atoms with Crippen molar-refractivity contribution in [3.8, 4) is 11.5 Å². The third-order valence-corrected chi connectivity index (χ3v) is 4.48. The third kappa shape index (κ3) is 3.88. The minimum Gasteiger partial charge on any atom is -0.489 e. The molecule has 0 radical (unpaired) electrons. The number of H-pyrrole nitrogens is 1. The fourth-order valence-corrected chi connectivity index (χ4v) is 3.08. The van der Waals surface area contributed by atoms with Crippen LogP contribution in [0.3, 0.4) is 0 Å². The van der Waals surface area contributed by atoms with Gasteiger partial charge >= 0.3 is 5.97 Å². The second-order valence-corrected chi connectivity index (χ2v) is 6.50. The Hall–Kier alpha value is -4.08. The summed E-state index contributed by atoms with van der Waals surface area (Å²) in [5, 5.41) is 14.5. The van der Waals surface area contributed by atoms with E-state index in [0.717, 1.165) is 5.52 Å². The highest BCUT2D eigenvalue weighted by atomic mass is 16.6. The van der Waals surface area contributed by atoms with E-state index in [2.05, 4.69) is 10.3 Å². The summed E-state index contributed by atoms with van der Waals surface area (Å²) in [6.07, 6.45) is 2.13. The summed E-state index contributed by atoms with van der Waals surface area (Å²) in [5.41, 5.74) is 0.629. The maximum absolute atomic E-state index is 12.3. The van der Waals surface area contributed by atoms with Gasteiger partial charge in [0.05, 0.1) is 29.8 Å². The molecular weight excluding hydrogens is 394 g/mol. The number of hydrogen-bond acceptors (Lipinski definition) is 7. The number of carbonyl (C=O) groups excluding carboxylic acids is 2. The first-order valence-corrected chi connectivity index (χ1v) is 9.14. The van der Waals surface area contributed by atoms with Gasteiger partial charge in [0.25, 0.3) is 11.6 Å². The Bertz CT molecular complexity index is 1140. The van der Waals surface area contributed by atoms with E-state index in [9.17, 15) is 19.7 Å². The van der Waals surface area contributed by atoms with E-state index in [1.165, 1.54) is 18.3 Å². The molecule has 0 unspecified atom stereocenters. The zero-order chi connectivity index (χ0) is 21.1. The number of benzene rings is 2. The van der Waals surface area contributed by atoms with Crippen molar-refractivity contribution in [3.05, 3.63) is 58.3 Å². The lowest BCUT2D eigenvalue weighted by Crippen LogP contribution is -2.21. The summed E-state index contributed by atoms with van der Waals surface area (Å²) in [5.74, 6) is -0.872. The van der Waals surface area contributed by atoms with E-state index in [1.807, 2.05) is 12.1 Å². The SMILES string of the molecule is O=C(COC(=O)c1c[nH]c2ccccc12)Nc1cc2c(cc1[N+](=O)[O-])OCCCO2. The summed E-state index contributed by atoms with van der Waals surface area (Å²) in [7, 11) is 0. The highest BCUT2D eigenvalue weighted by Gasteiger charge is 2.23. The number of carbonyl (C=O) groups is 2. The number of amides is 1. The third-order valence-electron chi connectivity index (χ3n) is 4.48. The fourth-order valence-electron chi connectivity index (χ4n) is 3.08. The predicted octanol–water partition coefficient (Wildman–Crippen LogP) is 3.03. The van der Waals surface area contributed by atoms with Crippen molar-refractivity contribution in [3.63, 3.8) is 0 Å². The van der Waals surface area contributed by atoms with Crippen molar-refractivity contribution >= 4 is 34.2 Å². The Morgan fingerprint density at radius 2 is 1.90 bits per heavy atom. The number of aromatic amines is 1. The maximum Gasteiger partial charge on any atom is 0.340 e. The van der Waals surface area contributed by atoms with Crippen molar-refractivity contribution in [2.24, 2.45) is 0 Å². The molecule has 0 bridgehead atoms. The van der Waals surface area contributed by atoms with Crippen LogP contribution in [0.4, 0.5) is 11.4 Å². The standard InChI is InChI=1S/C20H17N3O7/c24-19(11-30-20(25)13-10-21-14-5-2-1-4-12(13)14)22-15-8-17-18(9-16(15)23(26)27)29-7-3-6-28-17/h1-2,4-5,8-10,21H,3,6-7,11H2,(H,22,24). The number of nitrogens with zero attached hydrogens (tertiary/aromatic N) is 1. The normalized spacial score (nSPS) is 12.8. The lowest BCUT2D eigenvalue weighted by Gasteiger charge is -2.11. The number of esters is 1. The largest absolute Gasteiger partial charge is 0.489 e. The highest BCUT2D eigenvalue weighted by molar-refractivity contribution is 6.05.